The van der Waals surface area contributed by atoms with E-state index in [9.17, 15) is 0 Å². The first-order valence-corrected chi connectivity index (χ1v) is 9.31. The summed E-state index contributed by atoms with van der Waals surface area (Å²) < 4.78 is 6.23. The third-order valence-corrected chi connectivity index (χ3v) is 11.2. The molecule has 0 bridgehead atoms. The Labute approximate surface area is 108 Å². The summed E-state index contributed by atoms with van der Waals surface area (Å²) in [6, 6.07) is 0. The Morgan fingerprint density at radius 1 is 0.571 bits per heavy atom. The largest absolute Gasteiger partial charge is 0.113 e. The van der Waals surface area contributed by atoms with Crippen LogP contribution in [0.5, 0.6) is 0 Å². The lowest BCUT2D eigenvalue weighted by molar-refractivity contribution is 1.68. The third-order valence-electron chi connectivity index (χ3n) is 2.09. The van der Waals surface area contributed by atoms with Gasteiger partial charge in [-0.3, -0.25) is 0 Å². The molecule has 0 aromatic heterocycles. The monoisotopic (exact) mass is 292 g/mol. The molecule has 0 unspecified atom stereocenters. The van der Waals surface area contributed by atoms with Gasteiger partial charge in [0.1, 0.15) is 0 Å². The summed E-state index contributed by atoms with van der Waals surface area (Å²) >= 11 is 12.0. The van der Waals surface area contributed by atoms with E-state index in [1.165, 1.54) is 11.5 Å². The second-order valence-electron chi connectivity index (χ2n) is 2.98. The minimum absolute atomic E-state index is 1.25. The zero-order valence-corrected chi connectivity index (χ0v) is 11.8. The van der Waals surface area contributed by atoms with Gasteiger partial charge in [-0.15, -0.1) is 23.5 Å². The molecule has 72 valence electrons. The van der Waals surface area contributed by atoms with Crippen molar-refractivity contribution in [3.63, 3.8) is 0 Å². The Kier molecular flexibility index (Phi) is 2.28. The molecule has 0 N–H and O–H groups in total. The Morgan fingerprint density at radius 2 is 1.07 bits per heavy atom. The lowest BCUT2D eigenvalue weighted by Gasteiger charge is -2.10. The summed E-state index contributed by atoms with van der Waals surface area (Å²) in [4.78, 5) is 3.23. The van der Waals surface area contributed by atoms with Gasteiger partial charge in [0.05, 0.1) is 16.9 Å². The fourth-order valence-electron chi connectivity index (χ4n) is 1.30. The molecular formula is C8H4S6. The van der Waals surface area contributed by atoms with Crippen molar-refractivity contribution in [2.24, 2.45) is 0 Å². The van der Waals surface area contributed by atoms with Crippen molar-refractivity contribution in [2.75, 3.05) is 11.5 Å². The van der Waals surface area contributed by atoms with E-state index >= 15 is 0 Å². The fraction of sp³-hybridized carbons (Fsp3) is 0.250. The van der Waals surface area contributed by atoms with Crippen LogP contribution in [0.15, 0.2) is 26.8 Å². The molecule has 0 saturated heterocycles. The second kappa shape index (κ2) is 3.40. The highest BCUT2D eigenvalue weighted by molar-refractivity contribution is 8.42. The molecule has 0 spiro atoms. The molecule has 14 heavy (non-hydrogen) atoms. The molecule has 0 aromatic rings. The van der Waals surface area contributed by atoms with Crippen LogP contribution in [-0.4, -0.2) is 11.5 Å². The molecule has 0 aromatic carbocycles. The highest BCUT2D eigenvalue weighted by Crippen LogP contribution is 2.68. The fourth-order valence-corrected chi connectivity index (χ4v) is 9.93. The Hall–Kier alpha value is 1.32. The topological polar surface area (TPSA) is 0 Å². The summed E-state index contributed by atoms with van der Waals surface area (Å²) in [5.74, 6) is 2.50. The van der Waals surface area contributed by atoms with Gasteiger partial charge in [-0.25, -0.2) is 0 Å². The van der Waals surface area contributed by atoms with E-state index in [-0.39, 0.29) is 0 Å². The molecule has 4 aliphatic heterocycles. The van der Waals surface area contributed by atoms with Crippen LogP contribution in [0.25, 0.3) is 0 Å². The van der Waals surface area contributed by atoms with Gasteiger partial charge in [0.25, 0.3) is 0 Å². The SMILES string of the molecule is C1SC2=C1SC(=C1SC3=C(SC3)S1)S2. The van der Waals surface area contributed by atoms with Crippen LogP contribution in [0, 0.1) is 0 Å². The van der Waals surface area contributed by atoms with E-state index in [0.717, 1.165) is 0 Å². The maximum Gasteiger partial charge on any atom is 0.0709 e. The van der Waals surface area contributed by atoms with Crippen molar-refractivity contribution >= 4 is 70.6 Å². The molecule has 4 aliphatic rings. The number of rotatable bonds is 0. The maximum absolute atomic E-state index is 2.01. The standard InChI is InChI=1S/C8H4S6/c1-3-5(9-1)13-7(11-3)8-12-4-2-10-6(4)14-8/h1-2H2. The molecule has 4 heterocycles. The quantitative estimate of drug-likeness (QED) is 0.618. The summed E-state index contributed by atoms with van der Waals surface area (Å²) in [7, 11) is 0. The van der Waals surface area contributed by atoms with E-state index in [2.05, 4.69) is 0 Å². The van der Waals surface area contributed by atoms with Crippen LogP contribution in [-0.2, 0) is 0 Å². The van der Waals surface area contributed by atoms with E-state index in [1.807, 2.05) is 70.6 Å². The molecular weight excluding hydrogens is 288 g/mol. The Morgan fingerprint density at radius 3 is 1.29 bits per heavy atom. The second-order valence-corrected chi connectivity index (χ2v) is 10.2. The summed E-state index contributed by atoms with van der Waals surface area (Å²) in [5.41, 5.74) is 0. The van der Waals surface area contributed by atoms with Crippen LogP contribution in [0.1, 0.15) is 0 Å². The van der Waals surface area contributed by atoms with Crippen molar-refractivity contribution < 1.29 is 0 Å². The van der Waals surface area contributed by atoms with E-state index in [1.54, 1.807) is 26.8 Å². The van der Waals surface area contributed by atoms with Gasteiger partial charge < -0.3 is 0 Å². The van der Waals surface area contributed by atoms with Crippen molar-refractivity contribution in [1.29, 1.82) is 0 Å². The first-order chi connectivity index (χ1) is 6.90. The van der Waals surface area contributed by atoms with Crippen LogP contribution in [0.3, 0.4) is 0 Å². The minimum atomic E-state index is 1.25. The van der Waals surface area contributed by atoms with E-state index in [4.69, 9.17) is 0 Å². The summed E-state index contributed by atoms with van der Waals surface area (Å²) in [5, 5.41) is 0. The van der Waals surface area contributed by atoms with Crippen molar-refractivity contribution in [3.8, 4) is 0 Å². The molecule has 0 amide bonds. The number of hydrogen-bond acceptors (Lipinski definition) is 6. The van der Waals surface area contributed by atoms with Gasteiger partial charge >= 0.3 is 0 Å². The van der Waals surface area contributed by atoms with Gasteiger partial charge in [0.15, 0.2) is 0 Å². The molecule has 0 fully saturated rings. The van der Waals surface area contributed by atoms with Crippen LogP contribution in [0.2, 0.25) is 0 Å². The van der Waals surface area contributed by atoms with Crippen molar-refractivity contribution in [1.82, 2.24) is 0 Å². The molecule has 0 saturated carbocycles. The zero-order valence-electron chi connectivity index (χ0n) is 6.86. The number of hydrogen-bond donors (Lipinski definition) is 0. The predicted molar refractivity (Wildman–Crippen MR) is 76.4 cm³/mol. The average Bonchev–Trinajstić information content (AvgIpc) is 2.55. The van der Waals surface area contributed by atoms with Gasteiger partial charge in [-0.05, 0) is 0 Å². The average molecular weight is 293 g/mol. The first kappa shape index (κ1) is 9.36. The third kappa shape index (κ3) is 1.31. The summed E-state index contributed by atoms with van der Waals surface area (Å²) in [6.07, 6.45) is 0. The van der Waals surface area contributed by atoms with Gasteiger partial charge in [0, 0.05) is 21.3 Å². The molecule has 6 heteroatoms. The molecule has 0 aliphatic carbocycles. The highest BCUT2D eigenvalue weighted by atomic mass is 32.2. The van der Waals surface area contributed by atoms with Crippen LogP contribution >= 0.6 is 70.6 Å². The lowest BCUT2D eigenvalue weighted by Crippen LogP contribution is -1.90. The lowest BCUT2D eigenvalue weighted by atomic mass is 10.7. The van der Waals surface area contributed by atoms with Crippen LogP contribution in [0.4, 0.5) is 0 Å². The maximum atomic E-state index is 2.01. The highest BCUT2D eigenvalue weighted by Gasteiger charge is 2.35. The molecule has 0 radical (unpaired) electrons. The van der Waals surface area contributed by atoms with E-state index < -0.39 is 0 Å². The Bertz CT molecular complexity index is 353. The predicted octanol–water partition coefficient (Wildman–Crippen LogP) is 4.90. The summed E-state index contributed by atoms with van der Waals surface area (Å²) in [6.45, 7) is 0. The van der Waals surface area contributed by atoms with Gasteiger partial charge in [0.2, 0.25) is 0 Å². The molecule has 4 rings (SSSR count). The molecule has 0 nitrogen and oxygen atoms in total. The normalized spacial score (nSPS) is 34.3. The smallest absolute Gasteiger partial charge is 0.0709 e. The Balaban J connectivity index is 1.62. The molecule has 0 atom stereocenters. The first-order valence-electron chi connectivity index (χ1n) is 4.08. The van der Waals surface area contributed by atoms with Crippen molar-refractivity contribution in [2.45, 2.75) is 0 Å². The van der Waals surface area contributed by atoms with Gasteiger partial charge in [-0.1, -0.05) is 47.0 Å². The van der Waals surface area contributed by atoms with Crippen LogP contribution < -0.4 is 0 Å². The minimum Gasteiger partial charge on any atom is -0.113 e. The van der Waals surface area contributed by atoms with E-state index in [0.29, 0.717) is 0 Å². The zero-order chi connectivity index (χ0) is 9.12. The number of thioether (sulfide) groups is 6. The van der Waals surface area contributed by atoms with Crippen molar-refractivity contribution in [3.05, 3.63) is 26.8 Å². The van der Waals surface area contributed by atoms with Gasteiger partial charge in [-0.2, -0.15) is 0 Å².